The zero-order chi connectivity index (χ0) is 18.5. The summed E-state index contributed by atoms with van der Waals surface area (Å²) in [6.07, 6.45) is 2.07. The van der Waals surface area contributed by atoms with Gasteiger partial charge in [0.05, 0.1) is 0 Å². The minimum absolute atomic E-state index is 0.0245. The van der Waals surface area contributed by atoms with Crippen molar-refractivity contribution in [2.75, 3.05) is 22.1 Å². The molecule has 6 nitrogen and oxygen atoms in total. The van der Waals surface area contributed by atoms with Gasteiger partial charge in [-0.15, -0.1) is 0 Å². The van der Waals surface area contributed by atoms with Gasteiger partial charge in [-0.1, -0.05) is 18.2 Å². The summed E-state index contributed by atoms with van der Waals surface area (Å²) in [5.74, 6) is -0.450. The Balaban J connectivity index is 1.69. The van der Waals surface area contributed by atoms with Gasteiger partial charge in [0.2, 0.25) is 17.7 Å². The van der Waals surface area contributed by atoms with E-state index in [0.29, 0.717) is 17.8 Å². The molecule has 0 fully saturated rings. The molecular formula is C20H21N3O3. The van der Waals surface area contributed by atoms with E-state index in [9.17, 15) is 14.4 Å². The van der Waals surface area contributed by atoms with Crippen LogP contribution in [0.1, 0.15) is 25.3 Å². The zero-order valence-electron chi connectivity index (χ0n) is 14.6. The van der Waals surface area contributed by atoms with Crippen LogP contribution in [0.4, 0.5) is 17.1 Å². The van der Waals surface area contributed by atoms with Crippen LogP contribution in [0.25, 0.3) is 0 Å². The van der Waals surface area contributed by atoms with Crippen LogP contribution in [0, 0.1) is 0 Å². The number of carbonyl (C=O) groups excluding carboxylic acids is 3. The zero-order valence-corrected chi connectivity index (χ0v) is 14.6. The Kier molecular flexibility index (Phi) is 5.31. The van der Waals surface area contributed by atoms with Crippen molar-refractivity contribution < 1.29 is 14.4 Å². The van der Waals surface area contributed by atoms with Crippen molar-refractivity contribution in [2.45, 2.75) is 26.2 Å². The molecule has 0 atom stereocenters. The maximum absolute atomic E-state index is 12.4. The normalized spacial score (nSPS) is 13.6. The molecule has 0 unspecified atom stereocenters. The minimum atomic E-state index is -0.262. The van der Waals surface area contributed by atoms with Gasteiger partial charge in [-0.25, -0.2) is 0 Å². The lowest BCUT2D eigenvalue weighted by atomic mass is 10.1. The molecule has 134 valence electrons. The van der Waals surface area contributed by atoms with Gasteiger partial charge < -0.3 is 15.5 Å². The fourth-order valence-corrected chi connectivity index (χ4v) is 3.04. The van der Waals surface area contributed by atoms with Crippen molar-refractivity contribution in [3.8, 4) is 0 Å². The Morgan fingerprint density at radius 1 is 0.962 bits per heavy atom. The van der Waals surface area contributed by atoms with Gasteiger partial charge in [0, 0.05) is 30.4 Å². The number of hydrogen-bond acceptors (Lipinski definition) is 3. The van der Waals surface area contributed by atoms with Crippen LogP contribution >= 0.6 is 0 Å². The van der Waals surface area contributed by atoms with E-state index < -0.39 is 0 Å². The number of aryl methyl sites for hydroxylation is 1. The van der Waals surface area contributed by atoms with Crippen molar-refractivity contribution in [3.05, 3.63) is 54.1 Å². The summed E-state index contributed by atoms with van der Waals surface area (Å²) in [5.41, 5.74) is 3.17. The van der Waals surface area contributed by atoms with Crippen molar-refractivity contribution in [1.82, 2.24) is 0 Å². The van der Waals surface area contributed by atoms with Crippen LogP contribution in [-0.4, -0.2) is 24.3 Å². The highest BCUT2D eigenvalue weighted by Crippen LogP contribution is 2.26. The molecule has 0 aromatic heterocycles. The Hall–Kier alpha value is -3.15. The highest BCUT2D eigenvalue weighted by Gasteiger charge is 2.23. The van der Waals surface area contributed by atoms with E-state index in [1.54, 1.807) is 29.2 Å². The average molecular weight is 351 g/mol. The van der Waals surface area contributed by atoms with E-state index in [1.165, 1.54) is 6.92 Å². The predicted molar refractivity (Wildman–Crippen MR) is 101 cm³/mol. The van der Waals surface area contributed by atoms with Gasteiger partial charge in [0.15, 0.2) is 0 Å². The Morgan fingerprint density at radius 3 is 2.31 bits per heavy atom. The SMILES string of the molecule is CC(=O)Nc1ccc(NC(=O)CN2C(=O)CCCc3ccccc32)cc1. The fourth-order valence-electron chi connectivity index (χ4n) is 3.04. The third kappa shape index (κ3) is 4.27. The number of nitrogens with one attached hydrogen (secondary N) is 2. The highest BCUT2D eigenvalue weighted by molar-refractivity contribution is 6.03. The van der Waals surface area contributed by atoms with E-state index in [4.69, 9.17) is 0 Å². The maximum atomic E-state index is 12.4. The molecule has 2 aromatic carbocycles. The number of carbonyl (C=O) groups is 3. The third-order valence-electron chi connectivity index (χ3n) is 4.21. The molecule has 0 saturated carbocycles. The quantitative estimate of drug-likeness (QED) is 0.889. The molecule has 1 aliphatic heterocycles. The van der Waals surface area contributed by atoms with Crippen molar-refractivity contribution in [1.29, 1.82) is 0 Å². The summed E-state index contributed by atoms with van der Waals surface area (Å²) < 4.78 is 0. The molecule has 1 heterocycles. The number of hydrogen-bond donors (Lipinski definition) is 2. The molecule has 2 N–H and O–H groups in total. The monoisotopic (exact) mass is 351 g/mol. The van der Waals surface area contributed by atoms with E-state index in [-0.39, 0.29) is 24.3 Å². The summed E-state index contributed by atoms with van der Waals surface area (Å²) in [7, 11) is 0. The molecular weight excluding hydrogens is 330 g/mol. The summed E-state index contributed by atoms with van der Waals surface area (Å²) in [6.45, 7) is 1.41. The van der Waals surface area contributed by atoms with Gasteiger partial charge >= 0.3 is 0 Å². The average Bonchev–Trinajstić information content (AvgIpc) is 2.76. The molecule has 0 saturated heterocycles. The molecule has 26 heavy (non-hydrogen) atoms. The second-order valence-electron chi connectivity index (χ2n) is 6.27. The molecule has 0 radical (unpaired) electrons. The largest absolute Gasteiger partial charge is 0.326 e. The number of anilines is 3. The van der Waals surface area contributed by atoms with Crippen LogP contribution in [0.5, 0.6) is 0 Å². The molecule has 2 aromatic rings. The number of nitrogens with zero attached hydrogens (tertiary/aromatic N) is 1. The Labute approximate surface area is 152 Å². The van der Waals surface area contributed by atoms with Crippen LogP contribution in [0.15, 0.2) is 48.5 Å². The van der Waals surface area contributed by atoms with Gasteiger partial charge in [0.1, 0.15) is 6.54 Å². The molecule has 1 aliphatic rings. The van der Waals surface area contributed by atoms with E-state index in [0.717, 1.165) is 24.1 Å². The summed E-state index contributed by atoms with van der Waals surface area (Å²) in [5, 5.41) is 5.47. The highest BCUT2D eigenvalue weighted by atomic mass is 16.2. The molecule has 0 aliphatic carbocycles. The maximum Gasteiger partial charge on any atom is 0.244 e. The number of rotatable bonds is 4. The summed E-state index contributed by atoms with van der Waals surface area (Å²) >= 11 is 0. The third-order valence-corrected chi connectivity index (χ3v) is 4.21. The lowest BCUT2D eigenvalue weighted by Gasteiger charge is -2.22. The van der Waals surface area contributed by atoms with Crippen LogP contribution in [-0.2, 0) is 20.8 Å². The predicted octanol–water partition coefficient (Wildman–Crippen LogP) is 2.95. The Morgan fingerprint density at radius 2 is 1.62 bits per heavy atom. The molecule has 3 rings (SSSR count). The lowest BCUT2D eigenvalue weighted by molar-refractivity contribution is -0.121. The van der Waals surface area contributed by atoms with E-state index in [2.05, 4.69) is 10.6 Å². The number of para-hydroxylation sites is 1. The van der Waals surface area contributed by atoms with Crippen molar-refractivity contribution in [2.24, 2.45) is 0 Å². The van der Waals surface area contributed by atoms with Gasteiger partial charge in [-0.2, -0.15) is 0 Å². The van der Waals surface area contributed by atoms with Gasteiger partial charge in [0.25, 0.3) is 0 Å². The smallest absolute Gasteiger partial charge is 0.244 e. The molecule has 6 heteroatoms. The first kappa shape index (κ1) is 17.7. The van der Waals surface area contributed by atoms with E-state index >= 15 is 0 Å². The number of amides is 3. The fraction of sp³-hybridized carbons (Fsp3) is 0.250. The lowest BCUT2D eigenvalue weighted by Crippen LogP contribution is -2.37. The molecule has 3 amide bonds. The first-order valence-electron chi connectivity index (χ1n) is 8.59. The Bertz CT molecular complexity index is 830. The van der Waals surface area contributed by atoms with Crippen LogP contribution in [0.2, 0.25) is 0 Å². The topological polar surface area (TPSA) is 78.5 Å². The number of fused-ring (bicyclic) bond motifs is 1. The van der Waals surface area contributed by atoms with Crippen molar-refractivity contribution >= 4 is 34.8 Å². The minimum Gasteiger partial charge on any atom is -0.326 e. The standard InChI is InChI=1S/C20H21N3O3/c1-14(24)21-16-9-11-17(12-10-16)22-19(25)13-23-18-7-3-2-5-15(18)6-4-8-20(23)26/h2-3,5,7,9-12H,4,6,8,13H2,1H3,(H,21,24)(H,22,25). The first-order chi connectivity index (χ1) is 12.5. The second-order valence-corrected chi connectivity index (χ2v) is 6.27. The summed E-state index contributed by atoms with van der Waals surface area (Å²) in [4.78, 5) is 37.5. The number of benzene rings is 2. The molecule has 0 bridgehead atoms. The van der Waals surface area contributed by atoms with Gasteiger partial charge in [-0.05, 0) is 48.7 Å². The van der Waals surface area contributed by atoms with Crippen molar-refractivity contribution in [3.63, 3.8) is 0 Å². The van der Waals surface area contributed by atoms with Gasteiger partial charge in [-0.3, -0.25) is 14.4 Å². The second kappa shape index (κ2) is 7.82. The van der Waals surface area contributed by atoms with Crippen LogP contribution < -0.4 is 15.5 Å². The first-order valence-corrected chi connectivity index (χ1v) is 8.59. The van der Waals surface area contributed by atoms with E-state index in [1.807, 2.05) is 24.3 Å². The summed E-state index contributed by atoms with van der Waals surface area (Å²) in [6, 6.07) is 14.6. The van der Waals surface area contributed by atoms with Crippen LogP contribution in [0.3, 0.4) is 0 Å². The molecule has 0 spiro atoms.